The van der Waals surface area contributed by atoms with Crippen LogP contribution >= 0.6 is 11.8 Å². The van der Waals surface area contributed by atoms with Crippen LogP contribution in [0.5, 0.6) is 5.75 Å². The van der Waals surface area contributed by atoms with Gasteiger partial charge in [0.05, 0.1) is 12.5 Å². The van der Waals surface area contributed by atoms with E-state index < -0.39 is 12.0 Å². The largest absolute Gasteiger partial charge is 0.497 e. The molecule has 0 saturated carbocycles. The third kappa shape index (κ3) is 3.76. The van der Waals surface area contributed by atoms with Crippen molar-refractivity contribution in [1.82, 2.24) is 10.3 Å². The van der Waals surface area contributed by atoms with Crippen LogP contribution in [-0.4, -0.2) is 42.2 Å². The van der Waals surface area contributed by atoms with E-state index >= 15 is 0 Å². The molecule has 0 bridgehead atoms. The van der Waals surface area contributed by atoms with Crippen molar-refractivity contribution in [3.8, 4) is 5.75 Å². The van der Waals surface area contributed by atoms with E-state index in [1.54, 1.807) is 36.0 Å². The zero-order valence-electron chi connectivity index (χ0n) is 15.3. The van der Waals surface area contributed by atoms with Gasteiger partial charge in [-0.2, -0.15) is 0 Å². The highest BCUT2D eigenvalue weighted by molar-refractivity contribution is 7.99. The van der Waals surface area contributed by atoms with Gasteiger partial charge in [-0.05, 0) is 29.8 Å². The molecule has 2 heterocycles. The van der Waals surface area contributed by atoms with Crippen molar-refractivity contribution < 1.29 is 19.1 Å². The molecule has 0 radical (unpaired) electrons. The van der Waals surface area contributed by atoms with E-state index in [0.29, 0.717) is 17.1 Å². The molecule has 1 aromatic heterocycles. The quantitative estimate of drug-likeness (QED) is 0.492. The molecule has 4 rings (SSSR count). The molecule has 28 heavy (non-hydrogen) atoms. The average Bonchev–Trinajstić information content (AvgIpc) is 3.41. The third-order valence-corrected chi connectivity index (χ3v) is 5.96. The topological polar surface area (TPSA) is 80.4 Å². The Balaban J connectivity index is 1.36. The molecule has 0 spiro atoms. The summed E-state index contributed by atoms with van der Waals surface area (Å²) in [6.45, 7) is -0.285. The Morgan fingerprint density at radius 2 is 2.04 bits per heavy atom. The Bertz CT molecular complexity index is 1020. The number of ketones is 1. The Kier molecular flexibility index (Phi) is 5.36. The number of benzene rings is 2. The van der Waals surface area contributed by atoms with Gasteiger partial charge >= 0.3 is 5.97 Å². The van der Waals surface area contributed by atoms with Crippen LogP contribution in [0.3, 0.4) is 0 Å². The van der Waals surface area contributed by atoms with Crippen LogP contribution in [0.4, 0.5) is 0 Å². The number of H-pyrrole nitrogens is 1. The summed E-state index contributed by atoms with van der Waals surface area (Å²) in [5.41, 5.74) is 2.65. The number of carbonyl (C=O) groups is 2. The van der Waals surface area contributed by atoms with Crippen molar-refractivity contribution in [2.75, 3.05) is 19.5 Å². The van der Waals surface area contributed by atoms with Gasteiger partial charge in [-0.25, -0.2) is 0 Å². The molecular weight excluding hydrogens is 376 g/mol. The maximum atomic E-state index is 12.4. The molecule has 6 nitrogen and oxygen atoms in total. The second-order valence-electron chi connectivity index (χ2n) is 6.48. The van der Waals surface area contributed by atoms with E-state index in [2.05, 4.69) is 16.4 Å². The predicted molar refractivity (Wildman–Crippen MR) is 109 cm³/mol. The van der Waals surface area contributed by atoms with Gasteiger partial charge in [-0.1, -0.05) is 24.3 Å². The molecule has 2 unspecified atom stereocenters. The smallest absolute Gasteiger partial charge is 0.324 e. The van der Waals surface area contributed by atoms with E-state index in [-0.39, 0.29) is 17.8 Å². The molecule has 144 valence electrons. The summed E-state index contributed by atoms with van der Waals surface area (Å²) in [5.74, 6) is 0.518. The second kappa shape index (κ2) is 8.08. The first-order valence-corrected chi connectivity index (χ1v) is 9.98. The highest BCUT2D eigenvalue weighted by Crippen LogP contribution is 2.36. The summed E-state index contributed by atoms with van der Waals surface area (Å²) in [4.78, 5) is 27.9. The molecule has 7 heteroatoms. The van der Waals surface area contributed by atoms with E-state index in [9.17, 15) is 9.59 Å². The lowest BCUT2D eigenvalue weighted by Crippen LogP contribution is -2.36. The molecule has 1 aliphatic heterocycles. The van der Waals surface area contributed by atoms with Crippen molar-refractivity contribution >= 4 is 34.4 Å². The first-order valence-electron chi connectivity index (χ1n) is 8.93. The number of aromatic amines is 1. The maximum absolute atomic E-state index is 12.4. The zero-order chi connectivity index (χ0) is 19.5. The van der Waals surface area contributed by atoms with Crippen molar-refractivity contribution in [3.05, 3.63) is 65.9 Å². The van der Waals surface area contributed by atoms with Gasteiger partial charge in [0.25, 0.3) is 0 Å². The van der Waals surface area contributed by atoms with Gasteiger partial charge in [0.15, 0.2) is 12.4 Å². The van der Waals surface area contributed by atoms with Gasteiger partial charge in [-0.3, -0.25) is 14.9 Å². The number of carbonyl (C=O) groups excluding carboxylic acids is 2. The fourth-order valence-corrected chi connectivity index (χ4v) is 4.51. The monoisotopic (exact) mass is 396 g/mol. The Hall–Kier alpha value is -2.77. The molecule has 1 fully saturated rings. The number of nitrogens with one attached hydrogen (secondary N) is 2. The van der Waals surface area contributed by atoms with Crippen LogP contribution in [0.2, 0.25) is 0 Å². The third-order valence-electron chi connectivity index (χ3n) is 4.72. The van der Waals surface area contributed by atoms with Gasteiger partial charge in [0.1, 0.15) is 11.8 Å². The Morgan fingerprint density at radius 3 is 2.89 bits per heavy atom. The van der Waals surface area contributed by atoms with Gasteiger partial charge in [0, 0.05) is 28.4 Å². The summed E-state index contributed by atoms with van der Waals surface area (Å²) < 4.78 is 10.4. The van der Waals surface area contributed by atoms with E-state index in [1.807, 2.05) is 24.4 Å². The first kappa shape index (κ1) is 18.6. The zero-order valence-corrected chi connectivity index (χ0v) is 16.1. The average molecular weight is 396 g/mol. The fourth-order valence-electron chi connectivity index (χ4n) is 3.24. The number of thioether (sulfide) groups is 1. The van der Waals surface area contributed by atoms with E-state index in [0.717, 1.165) is 16.5 Å². The number of hydrogen-bond donors (Lipinski definition) is 2. The lowest BCUT2D eigenvalue weighted by Gasteiger charge is -2.14. The fraction of sp³-hybridized carbons (Fsp3) is 0.238. The van der Waals surface area contributed by atoms with Crippen molar-refractivity contribution in [2.24, 2.45) is 0 Å². The standard InChI is InChI=1S/C21H20N2O4S/c1-26-14-5-2-4-13(10-14)19(24)11-27-21(25)18-12-28-20(23-18)16-6-3-7-17-15(16)8-9-22-17/h2-10,18,20,22-23H,11-12H2,1H3. The van der Waals surface area contributed by atoms with Crippen molar-refractivity contribution in [3.63, 3.8) is 0 Å². The molecule has 2 N–H and O–H groups in total. The van der Waals surface area contributed by atoms with Gasteiger partial charge in [-0.15, -0.1) is 11.8 Å². The predicted octanol–water partition coefficient (Wildman–Crippen LogP) is 3.31. The van der Waals surface area contributed by atoms with E-state index in [1.165, 1.54) is 7.11 Å². The lowest BCUT2D eigenvalue weighted by molar-refractivity contribution is -0.144. The number of aromatic nitrogens is 1. The van der Waals surface area contributed by atoms with Crippen molar-refractivity contribution in [2.45, 2.75) is 11.4 Å². The number of Topliss-reactive ketones (excluding diaryl/α,β-unsaturated/α-hetero) is 1. The summed E-state index contributed by atoms with van der Waals surface area (Å²) in [6, 6.07) is 14.5. The highest BCUT2D eigenvalue weighted by Gasteiger charge is 2.32. The second-order valence-corrected chi connectivity index (χ2v) is 7.62. The minimum absolute atomic E-state index is 0.00568. The molecule has 0 amide bonds. The number of esters is 1. The summed E-state index contributed by atoms with van der Waals surface area (Å²) in [5, 5.41) is 4.45. The number of ether oxygens (including phenoxy) is 2. The first-order chi connectivity index (χ1) is 13.7. The minimum Gasteiger partial charge on any atom is -0.497 e. The number of rotatable bonds is 6. The summed E-state index contributed by atoms with van der Waals surface area (Å²) in [7, 11) is 1.54. The molecule has 2 aromatic carbocycles. The maximum Gasteiger partial charge on any atom is 0.324 e. The molecule has 3 aromatic rings. The number of hydrogen-bond acceptors (Lipinski definition) is 6. The molecule has 0 aliphatic carbocycles. The van der Waals surface area contributed by atoms with Gasteiger partial charge < -0.3 is 14.5 Å². The SMILES string of the molecule is COc1cccc(C(=O)COC(=O)C2CSC(c3cccc4[nH]ccc34)N2)c1. The number of fused-ring (bicyclic) bond motifs is 1. The van der Waals surface area contributed by atoms with Crippen LogP contribution in [0.15, 0.2) is 54.7 Å². The van der Waals surface area contributed by atoms with E-state index in [4.69, 9.17) is 9.47 Å². The Morgan fingerprint density at radius 1 is 1.18 bits per heavy atom. The summed E-state index contributed by atoms with van der Waals surface area (Å²) in [6.07, 6.45) is 1.91. The minimum atomic E-state index is -0.442. The highest BCUT2D eigenvalue weighted by atomic mass is 32.2. The van der Waals surface area contributed by atoms with Crippen LogP contribution in [0.25, 0.3) is 10.9 Å². The van der Waals surface area contributed by atoms with Crippen molar-refractivity contribution in [1.29, 1.82) is 0 Å². The van der Waals surface area contributed by atoms with Crippen LogP contribution in [0.1, 0.15) is 21.3 Å². The Labute approximate surface area is 166 Å². The normalized spacial score (nSPS) is 18.9. The number of methoxy groups -OCH3 is 1. The molecule has 2 atom stereocenters. The molecular formula is C21H20N2O4S. The molecule has 1 saturated heterocycles. The summed E-state index contributed by atoms with van der Waals surface area (Å²) >= 11 is 1.66. The lowest BCUT2D eigenvalue weighted by atomic mass is 10.1. The van der Waals surface area contributed by atoms with Gasteiger partial charge in [0.2, 0.25) is 0 Å². The van der Waals surface area contributed by atoms with Crippen LogP contribution in [-0.2, 0) is 9.53 Å². The molecule has 1 aliphatic rings. The van der Waals surface area contributed by atoms with Crippen LogP contribution in [0, 0.1) is 0 Å². The van der Waals surface area contributed by atoms with Crippen LogP contribution < -0.4 is 10.1 Å².